The molecule has 29 heavy (non-hydrogen) atoms. The highest BCUT2D eigenvalue weighted by Gasteiger charge is 2.49. The van der Waals surface area contributed by atoms with Gasteiger partial charge in [0, 0.05) is 5.39 Å². The largest absolute Gasteiger partial charge is 0.497 e. The quantitative estimate of drug-likeness (QED) is 0.364. The smallest absolute Gasteiger partial charge is 0.250 e. The third-order valence-corrected chi connectivity index (χ3v) is 6.36. The molecule has 3 aliphatic heterocycles. The van der Waals surface area contributed by atoms with E-state index in [9.17, 15) is 4.79 Å². The Morgan fingerprint density at radius 3 is 2.48 bits per heavy atom. The second kappa shape index (κ2) is 6.82. The van der Waals surface area contributed by atoms with Crippen molar-refractivity contribution in [3.8, 4) is 22.2 Å². The van der Waals surface area contributed by atoms with Gasteiger partial charge in [0.1, 0.15) is 27.6 Å². The molecule has 2 atom stereocenters. The molecule has 0 aliphatic carbocycles. The number of rotatable bonds is 4. The van der Waals surface area contributed by atoms with Gasteiger partial charge in [-0.25, -0.2) is 4.98 Å². The zero-order valence-electron chi connectivity index (χ0n) is 15.5. The summed E-state index contributed by atoms with van der Waals surface area (Å²) in [6, 6.07) is 12.8. The van der Waals surface area contributed by atoms with E-state index < -0.39 is 5.38 Å². The normalized spacial score (nSPS) is 18.9. The fourth-order valence-electron chi connectivity index (χ4n) is 3.46. The minimum absolute atomic E-state index is 0.199. The van der Waals surface area contributed by atoms with E-state index in [1.165, 1.54) is 11.3 Å². The average molecular weight is 427 g/mol. The number of carbonyl (C=O) groups excluding carboxylic acids is 1. The maximum atomic E-state index is 12.5. The molecular weight excluding hydrogens is 412 g/mol. The van der Waals surface area contributed by atoms with Gasteiger partial charge < -0.3 is 9.47 Å². The van der Waals surface area contributed by atoms with Crippen molar-refractivity contribution < 1.29 is 14.3 Å². The number of methoxy groups -OCH3 is 2. The van der Waals surface area contributed by atoms with Crippen molar-refractivity contribution in [3.05, 3.63) is 48.0 Å². The third-order valence-electron chi connectivity index (χ3n) is 5.00. The predicted octanol–water partition coefficient (Wildman–Crippen LogP) is 3.90. The zero-order chi connectivity index (χ0) is 20.1. The molecule has 7 nitrogen and oxygen atoms in total. The molecule has 2 aromatic carbocycles. The lowest BCUT2D eigenvalue weighted by molar-refractivity contribution is -0.123. The van der Waals surface area contributed by atoms with E-state index >= 15 is 0 Å². The summed E-state index contributed by atoms with van der Waals surface area (Å²) < 4.78 is 10.5. The van der Waals surface area contributed by atoms with Crippen molar-refractivity contribution in [2.24, 2.45) is 0 Å². The topological polar surface area (TPSA) is 77.4 Å². The summed E-state index contributed by atoms with van der Waals surface area (Å²) in [5, 5.41) is 10.1. The van der Waals surface area contributed by atoms with Crippen LogP contribution in [0.5, 0.6) is 11.5 Å². The van der Waals surface area contributed by atoms with Crippen LogP contribution in [0.4, 0.5) is 5.13 Å². The number of fused-ring (bicyclic) bond motifs is 3. The van der Waals surface area contributed by atoms with Crippen molar-refractivity contribution in [1.29, 1.82) is 0 Å². The number of amides is 1. The Labute approximate surface area is 175 Å². The van der Waals surface area contributed by atoms with E-state index in [4.69, 9.17) is 21.1 Å². The van der Waals surface area contributed by atoms with Crippen LogP contribution in [0.1, 0.15) is 11.6 Å². The van der Waals surface area contributed by atoms with Crippen LogP contribution in [0.3, 0.4) is 0 Å². The number of carbonyl (C=O) groups is 1. The summed E-state index contributed by atoms with van der Waals surface area (Å²) in [5.41, 5.74) is 2.40. The van der Waals surface area contributed by atoms with Gasteiger partial charge in [-0.05, 0) is 35.9 Å². The number of hydrogen-bond acceptors (Lipinski definition) is 7. The Morgan fingerprint density at radius 1 is 1.03 bits per heavy atom. The van der Waals surface area contributed by atoms with Crippen molar-refractivity contribution in [2.75, 3.05) is 19.1 Å². The second-order valence-corrected chi connectivity index (χ2v) is 7.99. The van der Waals surface area contributed by atoms with E-state index in [2.05, 4.69) is 15.2 Å². The first-order chi connectivity index (χ1) is 14.1. The van der Waals surface area contributed by atoms with Crippen LogP contribution >= 0.6 is 22.9 Å². The molecule has 1 fully saturated rings. The van der Waals surface area contributed by atoms with Crippen LogP contribution in [0, 0.1) is 0 Å². The summed E-state index contributed by atoms with van der Waals surface area (Å²) in [4.78, 5) is 18.7. The standard InChI is InChI=1S/C20H15ClN4O3S/c1-27-11-5-3-10(4-6-11)17-15(21)19(26)25(17)20-24-23-16-13-9-12(28-2)7-8-14(13)22-18(16)29-20/h3-9,15,17H,1-2H3. The lowest BCUT2D eigenvalue weighted by Gasteiger charge is -2.42. The van der Waals surface area contributed by atoms with E-state index in [-0.39, 0.29) is 11.9 Å². The minimum Gasteiger partial charge on any atom is -0.497 e. The number of β-lactam (4-membered cyclic amide) rings is 1. The van der Waals surface area contributed by atoms with E-state index in [0.717, 1.165) is 28.0 Å². The van der Waals surface area contributed by atoms with E-state index in [0.29, 0.717) is 15.8 Å². The first kappa shape index (κ1) is 18.1. The fraction of sp³-hybridized carbons (Fsp3) is 0.200. The van der Waals surface area contributed by atoms with E-state index in [1.807, 2.05) is 42.5 Å². The van der Waals surface area contributed by atoms with Crippen molar-refractivity contribution in [1.82, 2.24) is 15.2 Å². The molecule has 2 unspecified atom stereocenters. The number of alkyl halides is 1. The second-order valence-electron chi connectivity index (χ2n) is 6.56. The molecule has 0 radical (unpaired) electrons. The first-order valence-electron chi connectivity index (χ1n) is 8.83. The highest BCUT2D eigenvalue weighted by molar-refractivity contribution is 7.18. The molecule has 0 bridgehead atoms. The molecule has 2 aromatic rings. The Hall–Kier alpha value is -2.97. The van der Waals surface area contributed by atoms with Crippen molar-refractivity contribution >= 4 is 44.9 Å². The number of halogens is 1. The Balaban J connectivity index is 1.55. The lowest BCUT2D eigenvalue weighted by atomic mass is 9.94. The van der Waals surface area contributed by atoms with Gasteiger partial charge in [-0.3, -0.25) is 9.69 Å². The maximum absolute atomic E-state index is 12.5. The van der Waals surface area contributed by atoms with Gasteiger partial charge in [0.25, 0.3) is 0 Å². The van der Waals surface area contributed by atoms with Crippen LogP contribution < -0.4 is 14.4 Å². The van der Waals surface area contributed by atoms with Gasteiger partial charge in [0.05, 0.1) is 25.8 Å². The SMILES string of the molecule is COc1ccc(C2C(Cl)C(=O)N2c2nnc3c4cc(OC)ccc4nc-3s2)cc1. The van der Waals surface area contributed by atoms with Gasteiger partial charge in [-0.2, -0.15) is 0 Å². The number of nitrogens with zero attached hydrogens (tertiary/aromatic N) is 4. The Kier molecular flexibility index (Phi) is 4.25. The molecule has 0 N–H and O–H groups in total. The molecule has 0 saturated carbocycles. The summed E-state index contributed by atoms with van der Waals surface area (Å²) in [5.74, 6) is 1.27. The monoisotopic (exact) mass is 426 g/mol. The van der Waals surface area contributed by atoms with Gasteiger partial charge in [-0.1, -0.05) is 23.5 Å². The summed E-state index contributed by atoms with van der Waals surface area (Å²) in [7, 11) is 3.22. The molecule has 3 heterocycles. The molecule has 0 spiro atoms. The number of anilines is 1. The van der Waals surface area contributed by atoms with Gasteiger partial charge in [-0.15, -0.1) is 21.8 Å². The van der Waals surface area contributed by atoms with Gasteiger partial charge >= 0.3 is 0 Å². The molecule has 1 saturated heterocycles. The zero-order valence-corrected chi connectivity index (χ0v) is 17.1. The van der Waals surface area contributed by atoms with Crippen LogP contribution in [0.15, 0.2) is 42.5 Å². The number of benzene rings is 2. The minimum atomic E-state index is -0.649. The van der Waals surface area contributed by atoms with Crippen LogP contribution in [-0.4, -0.2) is 40.7 Å². The van der Waals surface area contributed by atoms with Gasteiger partial charge in [0.15, 0.2) is 0 Å². The Morgan fingerprint density at radius 2 is 1.76 bits per heavy atom. The van der Waals surface area contributed by atoms with Gasteiger partial charge in [0.2, 0.25) is 11.0 Å². The molecule has 0 aromatic heterocycles. The highest BCUT2D eigenvalue weighted by Crippen LogP contribution is 2.45. The van der Waals surface area contributed by atoms with Crippen LogP contribution in [0.25, 0.3) is 21.6 Å². The molecule has 146 valence electrons. The van der Waals surface area contributed by atoms with Crippen LogP contribution in [-0.2, 0) is 4.79 Å². The average Bonchev–Trinajstić information content (AvgIpc) is 3.13. The van der Waals surface area contributed by atoms with Crippen molar-refractivity contribution in [3.63, 3.8) is 0 Å². The van der Waals surface area contributed by atoms with Crippen LogP contribution in [0.2, 0.25) is 0 Å². The maximum Gasteiger partial charge on any atom is 0.250 e. The highest BCUT2D eigenvalue weighted by atomic mass is 35.5. The summed E-state index contributed by atoms with van der Waals surface area (Å²) in [6.07, 6.45) is 0. The Bertz CT molecular complexity index is 1200. The fourth-order valence-corrected chi connectivity index (χ4v) is 4.77. The summed E-state index contributed by atoms with van der Waals surface area (Å²) in [6.45, 7) is 0. The molecule has 1 amide bonds. The number of hydrogen-bond donors (Lipinski definition) is 0. The molecule has 3 aliphatic rings. The third kappa shape index (κ3) is 2.79. The number of ether oxygens (including phenoxy) is 2. The number of aromatic nitrogens is 3. The molecular formula is C20H15ClN4O3S. The van der Waals surface area contributed by atoms with E-state index in [1.54, 1.807) is 19.1 Å². The lowest BCUT2D eigenvalue weighted by Crippen LogP contribution is -2.56. The molecule has 5 rings (SSSR count). The molecule has 9 heteroatoms. The summed E-state index contributed by atoms with van der Waals surface area (Å²) >= 11 is 7.66. The van der Waals surface area contributed by atoms with Crippen molar-refractivity contribution in [2.45, 2.75) is 11.4 Å². The first-order valence-corrected chi connectivity index (χ1v) is 10.1. The predicted molar refractivity (Wildman–Crippen MR) is 111 cm³/mol.